The first kappa shape index (κ1) is 22.0. The van der Waals surface area contributed by atoms with Crippen LogP contribution in [-0.4, -0.2) is 25.0 Å². The summed E-state index contributed by atoms with van der Waals surface area (Å²) in [5, 5.41) is 5.41. The van der Waals surface area contributed by atoms with Crippen LogP contribution in [0.1, 0.15) is 10.4 Å². The van der Waals surface area contributed by atoms with Crippen molar-refractivity contribution in [1.29, 1.82) is 0 Å². The molecule has 0 aliphatic rings. The van der Waals surface area contributed by atoms with Gasteiger partial charge in [-0.05, 0) is 36.4 Å². The van der Waals surface area contributed by atoms with E-state index < -0.39 is 25.0 Å². The average Bonchev–Trinajstić information content (AvgIpc) is 2.75. The standard InChI is InChI=1S/C22H17ClF2N2O4/c23-15-8-2-5-11-18(15)30-19-12-6-3-9-16(19)27-20(28)13-26-21(29)14-7-1-4-10-17(14)31-22(24)25/h1-12,22H,13H2,(H,26,29)(H,27,28). The first-order valence-electron chi connectivity index (χ1n) is 9.07. The summed E-state index contributed by atoms with van der Waals surface area (Å²) in [6.07, 6.45) is 0. The Kier molecular flexibility index (Phi) is 7.40. The Morgan fingerprint density at radius 3 is 2.19 bits per heavy atom. The van der Waals surface area contributed by atoms with Crippen LogP contribution in [0.15, 0.2) is 72.8 Å². The highest BCUT2D eigenvalue weighted by Gasteiger charge is 2.16. The second kappa shape index (κ2) is 10.4. The van der Waals surface area contributed by atoms with Gasteiger partial charge in [0.05, 0.1) is 22.8 Å². The summed E-state index contributed by atoms with van der Waals surface area (Å²) in [4.78, 5) is 24.6. The van der Waals surface area contributed by atoms with Crippen LogP contribution in [0.5, 0.6) is 17.2 Å². The van der Waals surface area contributed by atoms with E-state index in [0.29, 0.717) is 22.2 Å². The zero-order valence-corrected chi connectivity index (χ0v) is 16.7. The molecule has 0 radical (unpaired) electrons. The maximum absolute atomic E-state index is 12.5. The predicted octanol–water partition coefficient (Wildman–Crippen LogP) is 5.10. The molecular weight excluding hydrogens is 430 g/mol. The van der Waals surface area contributed by atoms with E-state index in [0.717, 1.165) is 0 Å². The second-order valence-corrected chi connectivity index (χ2v) is 6.54. The minimum atomic E-state index is -3.08. The van der Waals surface area contributed by atoms with Crippen molar-refractivity contribution in [3.8, 4) is 17.2 Å². The fourth-order valence-corrected chi connectivity index (χ4v) is 2.78. The minimum absolute atomic E-state index is 0.113. The van der Waals surface area contributed by atoms with Gasteiger partial charge in [0, 0.05) is 0 Å². The van der Waals surface area contributed by atoms with Gasteiger partial charge in [-0.2, -0.15) is 8.78 Å². The van der Waals surface area contributed by atoms with Gasteiger partial charge in [0.2, 0.25) is 5.91 Å². The van der Waals surface area contributed by atoms with Crippen molar-refractivity contribution in [2.75, 3.05) is 11.9 Å². The van der Waals surface area contributed by atoms with Gasteiger partial charge in [-0.15, -0.1) is 0 Å². The molecule has 160 valence electrons. The predicted molar refractivity (Wildman–Crippen MR) is 112 cm³/mol. The van der Waals surface area contributed by atoms with E-state index >= 15 is 0 Å². The number of benzene rings is 3. The van der Waals surface area contributed by atoms with E-state index in [4.69, 9.17) is 16.3 Å². The van der Waals surface area contributed by atoms with Gasteiger partial charge in [0.1, 0.15) is 11.5 Å². The summed E-state index contributed by atoms with van der Waals surface area (Å²) in [7, 11) is 0. The number of amides is 2. The van der Waals surface area contributed by atoms with Crippen LogP contribution in [0, 0.1) is 0 Å². The molecule has 0 spiro atoms. The van der Waals surface area contributed by atoms with Gasteiger partial charge in [0.15, 0.2) is 5.75 Å². The molecule has 0 aliphatic carbocycles. The Labute approximate surface area is 181 Å². The summed E-state index contributed by atoms with van der Waals surface area (Å²) < 4.78 is 35.1. The van der Waals surface area contributed by atoms with Crippen molar-refractivity contribution >= 4 is 29.1 Å². The molecule has 0 saturated heterocycles. The van der Waals surface area contributed by atoms with Crippen molar-refractivity contribution < 1.29 is 27.8 Å². The maximum atomic E-state index is 12.5. The lowest BCUT2D eigenvalue weighted by atomic mass is 10.2. The SMILES string of the molecule is O=C(CNC(=O)c1ccccc1OC(F)F)Nc1ccccc1Oc1ccccc1Cl. The summed E-state index contributed by atoms with van der Waals surface area (Å²) in [5.74, 6) is -0.794. The number of anilines is 1. The zero-order chi connectivity index (χ0) is 22.2. The molecule has 0 bridgehead atoms. The maximum Gasteiger partial charge on any atom is 0.387 e. The van der Waals surface area contributed by atoms with Gasteiger partial charge < -0.3 is 20.1 Å². The third-order valence-electron chi connectivity index (χ3n) is 3.97. The first-order chi connectivity index (χ1) is 14.9. The first-order valence-corrected chi connectivity index (χ1v) is 9.45. The molecule has 0 aliphatic heterocycles. The van der Waals surface area contributed by atoms with E-state index in [2.05, 4.69) is 15.4 Å². The van der Waals surface area contributed by atoms with Crippen molar-refractivity contribution in [2.45, 2.75) is 6.61 Å². The Morgan fingerprint density at radius 2 is 1.48 bits per heavy atom. The van der Waals surface area contributed by atoms with Crippen molar-refractivity contribution in [1.82, 2.24) is 5.32 Å². The number of hydrogen-bond donors (Lipinski definition) is 2. The Morgan fingerprint density at radius 1 is 0.871 bits per heavy atom. The summed E-state index contributed by atoms with van der Waals surface area (Å²) in [5.41, 5.74) is 0.251. The highest BCUT2D eigenvalue weighted by Crippen LogP contribution is 2.33. The van der Waals surface area contributed by atoms with Crippen molar-refractivity contribution in [2.24, 2.45) is 0 Å². The number of alkyl halides is 2. The number of carbonyl (C=O) groups is 2. The van der Waals surface area contributed by atoms with Crippen LogP contribution in [0.3, 0.4) is 0 Å². The third-order valence-corrected chi connectivity index (χ3v) is 4.29. The summed E-state index contributed by atoms with van der Waals surface area (Å²) in [6, 6.07) is 19.1. The second-order valence-electron chi connectivity index (χ2n) is 6.13. The summed E-state index contributed by atoms with van der Waals surface area (Å²) in [6.45, 7) is -3.48. The molecule has 0 saturated carbocycles. The molecule has 3 rings (SSSR count). The number of carbonyl (C=O) groups excluding carboxylic acids is 2. The number of para-hydroxylation sites is 4. The van der Waals surface area contributed by atoms with Crippen LogP contribution >= 0.6 is 11.6 Å². The number of rotatable bonds is 8. The molecule has 0 fully saturated rings. The van der Waals surface area contributed by atoms with Gasteiger partial charge in [0.25, 0.3) is 5.91 Å². The molecular formula is C22H17ClF2N2O4. The Bertz CT molecular complexity index is 1080. The normalized spacial score (nSPS) is 10.5. The Hall–Kier alpha value is -3.65. The lowest BCUT2D eigenvalue weighted by Gasteiger charge is -2.14. The van der Waals surface area contributed by atoms with Crippen molar-refractivity contribution in [3.63, 3.8) is 0 Å². The monoisotopic (exact) mass is 446 g/mol. The fraction of sp³-hybridized carbons (Fsp3) is 0.0909. The molecule has 0 unspecified atom stereocenters. The molecule has 0 heterocycles. The highest BCUT2D eigenvalue weighted by molar-refractivity contribution is 6.32. The lowest BCUT2D eigenvalue weighted by molar-refractivity contribution is -0.115. The third kappa shape index (κ3) is 6.16. The number of halogens is 3. The molecule has 31 heavy (non-hydrogen) atoms. The van der Waals surface area contributed by atoms with Crippen LogP contribution in [0.2, 0.25) is 5.02 Å². The molecule has 9 heteroatoms. The molecule has 2 N–H and O–H groups in total. The van der Waals surface area contributed by atoms with Crippen LogP contribution < -0.4 is 20.1 Å². The quantitative estimate of drug-likeness (QED) is 0.504. The van der Waals surface area contributed by atoms with E-state index in [-0.39, 0.29) is 11.3 Å². The smallest absolute Gasteiger partial charge is 0.387 e. The zero-order valence-electron chi connectivity index (χ0n) is 16.0. The fourth-order valence-electron chi connectivity index (χ4n) is 2.61. The van der Waals surface area contributed by atoms with E-state index in [1.807, 2.05) is 0 Å². The van der Waals surface area contributed by atoms with Gasteiger partial charge >= 0.3 is 6.61 Å². The molecule has 2 amide bonds. The van der Waals surface area contributed by atoms with Crippen LogP contribution in [0.25, 0.3) is 0 Å². The van der Waals surface area contributed by atoms with Gasteiger partial charge in [-0.1, -0.05) is 48.0 Å². The van der Waals surface area contributed by atoms with Gasteiger partial charge in [-0.3, -0.25) is 9.59 Å². The molecule has 0 aromatic heterocycles. The van der Waals surface area contributed by atoms with E-state index in [1.54, 1.807) is 48.5 Å². The number of ether oxygens (including phenoxy) is 2. The lowest BCUT2D eigenvalue weighted by Crippen LogP contribution is -2.33. The minimum Gasteiger partial charge on any atom is -0.454 e. The van der Waals surface area contributed by atoms with E-state index in [1.165, 1.54) is 24.3 Å². The largest absolute Gasteiger partial charge is 0.454 e. The number of nitrogens with one attached hydrogen (secondary N) is 2. The highest BCUT2D eigenvalue weighted by atomic mass is 35.5. The van der Waals surface area contributed by atoms with Gasteiger partial charge in [-0.25, -0.2) is 0 Å². The van der Waals surface area contributed by atoms with Crippen LogP contribution in [-0.2, 0) is 4.79 Å². The van der Waals surface area contributed by atoms with Crippen molar-refractivity contribution in [3.05, 3.63) is 83.4 Å². The number of hydrogen-bond acceptors (Lipinski definition) is 4. The molecule has 3 aromatic rings. The average molecular weight is 447 g/mol. The summed E-state index contributed by atoms with van der Waals surface area (Å²) >= 11 is 6.10. The topological polar surface area (TPSA) is 76.7 Å². The molecule has 3 aromatic carbocycles. The molecule has 0 atom stereocenters. The Balaban J connectivity index is 1.63. The molecule has 6 nitrogen and oxygen atoms in total. The van der Waals surface area contributed by atoms with E-state index in [9.17, 15) is 18.4 Å². The van der Waals surface area contributed by atoms with Crippen LogP contribution in [0.4, 0.5) is 14.5 Å².